The van der Waals surface area contributed by atoms with Crippen molar-refractivity contribution < 1.29 is 9.59 Å². The highest BCUT2D eigenvalue weighted by Gasteiger charge is 2.29. The third-order valence-corrected chi connectivity index (χ3v) is 6.26. The predicted octanol–water partition coefficient (Wildman–Crippen LogP) is 2.88. The molecule has 1 atom stereocenters. The first-order valence-corrected chi connectivity index (χ1v) is 11.6. The molecule has 1 aliphatic heterocycles. The molecule has 0 radical (unpaired) electrons. The molecular formula is C22H26N6O2S. The molecule has 1 fully saturated rings. The lowest BCUT2D eigenvalue weighted by atomic mass is 9.96. The third-order valence-electron chi connectivity index (χ3n) is 5.73. The third kappa shape index (κ3) is 4.56. The van der Waals surface area contributed by atoms with E-state index in [0.29, 0.717) is 24.0 Å². The van der Waals surface area contributed by atoms with E-state index in [4.69, 9.17) is 0 Å². The fourth-order valence-corrected chi connectivity index (χ4v) is 4.32. The maximum Gasteiger partial charge on any atom is 0.253 e. The van der Waals surface area contributed by atoms with Crippen LogP contribution in [0.3, 0.4) is 0 Å². The number of likely N-dealkylation sites (tertiary alicyclic amines) is 1. The highest BCUT2D eigenvalue weighted by atomic mass is 32.2. The Morgan fingerprint density at radius 1 is 1.19 bits per heavy atom. The summed E-state index contributed by atoms with van der Waals surface area (Å²) in [6.07, 6.45) is 3.75. The van der Waals surface area contributed by atoms with Crippen molar-refractivity contribution in [2.75, 3.05) is 24.7 Å². The number of hydrogen-bond donors (Lipinski definition) is 1. The number of thioether (sulfide) groups is 1. The SMILES string of the molecule is CSc1nc2nc(C)c(CC(=O)N3CCC[C@@H](C(=O)Nc4ccccc4)C3)c(C)n2n1. The maximum absolute atomic E-state index is 13.1. The molecule has 31 heavy (non-hydrogen) atoms. The van der Waals surface area contributed by atoms with Crippen molar-refractivity contribution >= 4 is 35.0 Å². The molecule has 4 rings (SSSR count). The van der Waals surface area contributed by atoms with Gasteiger partial charge in [-0.05, 0) is 45.1 Å². The molecule has 2 amide bonds. The topological polar surface area (TPSA) is 92.5 Å². The second-order valence-corrected chi connectivity index (χ2v) is 8.56. The van der Waals surface area contributed by atoms with Gasteiger partial charge >= 0.3 is 0 Å². The molecule has 1 aromatic carbocycles. The first-order valence-electron chi connectivity index (χ1n) is 10.4. The Hall–Kier alpha value is -2.94. The number of nitrogens with one attached hydrogen (secondary N) is 1. The number of rotatable bonds is 5. The van der Waals surface area contributed by atoms with Crippen molar-refractivity contribution in [3.05, 3.63) is 47.3 Å². The molecule has 3 aromatic rings. The number of carbonyl (C=O) groups excluding carboxylic acids is 2. The molecule has 0 saturated carbocycles. The van der Waals surface area contributed by atoms with E-state index >= 15 is 0 Å². The lowest BCUT2D eigenvalue weighted by Crippen LogP contribution is -2.44. The number of anilines is 1. The second-order valence-electron chi connectivity index (χ2n) is 7.78. The van der Waals surface area contributed by atoms with Crippen LogP contribution in [0.25, 0.3) is 5.78 Å². The van der Waals surface area contributed by atoms with Gasteiger partial charge in [-0.1, -0.05) is 30.0 Å². The Bertz CT molecular complexity index is 1110. The van der Waals surface area contributed by atoms with E-state index in [1.54, 1.807) is 9.42 Å². The number of hydrogen-bond acceptors (Lipinski definition) is 6. The zero-order chi connectivity index (χ0) is 22.0. The Morgan fingerprint density at radius 2 is 1.97 bits per heavy atom. The summed E-state index contributed by atoms with van der Waals surface area (Å²) in [5.41, 5.74) is 3.30. The number of amides is 2. The normalized spacial score (nSPS) is 16.5. The number of carbonyl (C=O) groups is 2. The monoisotopic (exact) mass is 438 g/mol. The minimum absolute atomic E-state index is 0.00904. The fraction of sp³-hybridized carbons (Fsp3) is 0.409. The summed E-state index contributed by atoms with van der Waals surface area (Å²) in [4.78, 5) is 36.5. The minimum Gasteiger partial charge on any atom is -0.342 e. The maximum atomic E-state index is 13.1. The van der Waals surface area contributed by atoms with Crippen molar-refractivity contribution in [3.8, 4) is 0 Å². The summed E-state index contributed by atoms with van der Waals surface area (Å²) in [7, 11) is 0. The second kappa shape index (κ2) is 9.05. The molecule has 0 unspecified atom stereocenters. The van der Waals surface area contributed by atoms with E-state index in [0.717, 1.165) is 35.5 Å². The molecule has 0 aliphatic carbocycles. The molecule has 8 nitrogen and oxygen atoms in total. The zero-order valence-electron chi connectivity index (χ0n) is 18.0. The van der Waals surface area contributed by atoms with E-state index in [1.165, 1.54) is 11.8 Å². The summed E-state index contributed by atoms with van der Waals surface area (Å²) in [6.45, 7) is 4.94. The van der Waals surface area contributed by atoms with Crippen LogP contribution in [0, 0.1) is 19.8 Å². The van der Waals surface area contributed by atoms with Gasteiger partial charge in [0.1, 0.15) is 0 Å². The molecule has 162 valence electrons. The standard InChI is InChI=1S/C22H26N6O2S/c1-14-18(15(2)28-21(23-14)25-22(26-28)31-3)12-19(29)27-11-7-8-16(13-27)20(30)24-17-9-5-4-6-10-17/h4-6,9-10,16H,7-8,11-13H2,1-3H3,(H,24,30)/t16-/m1/s1. The van der Waals surface area contributed by atoms with Gasteiger partial charge in [-0.25, -0.2) is 9.50 Å². The van der Waals surface area contributed by atoms with Crippen molar-refractivity contribution in [2.45, 2.75) is 38.3 Å². The Labute approximate surface area is 185 Å². The van der Waals surface area contributed by atoms with Crippen LogP contribution in [0.1, 0.15) is 29.8 Å². The summed E-state index contributed by atoms with van der Waals surface area (Å²) >= 11 is 1.46. The summed E-state index contributed by atoms with van der Waals surface area (Å²) in [6, 6.07) is 9.42. The van der Waals surface area contributed by atoms with Crippen LogP contribution >= 0.6 is 11.8 Å². The predicted molar refractivity (Wildman–Crippen MR) is 120 cm³/mol. The molecular weight excluding hydrogens is 412 g/mol. The van der Waals surface area contributed by atoms with Crippen LogP contribution in [0.4, 0.5) is 5.69 Å². The molecule has 1 N–H and O–H groups in total. The lowest BCUT2D eigenvalue weighted by Gasteiger charge is -2.32. The van der Waals surface area contributed by atoms with Gasteiger partial charge in [-0.15, -0.1) is 5.10 Å². The summed E-state index contributed by atoms with van der Waals surface area (Å²) in [5.74, 6) is 0.312. The van der Waals surface area contributed by atoms with Gasteiger partial charge < -0.3 is 10.2 Å². The Morgan fingerprint density at radius 3 is 2.71 bits per heavy atom. The van der Waals surface area contributed by atoms with E-state index in [2.05, 4.69) is 20.4 Å². The van der Waals surface area contributed by atoms with Gasteiger partial charge in [-0.3, -0.25) is 9.59 Å². The molecule has 9 heteroatoms. The highest BCUT2D eigenvalue weighted by molar-refractivity contribution is 7.98. The van der Waals surface area contributed by atoms with Crippen LogP contribution in [0.15, 0.2) is 35.5 Å². The van der Waals surface area contributed by atoms with Crippen molar-refractivity contribution in [2.24, 2.45) is 5.92 Å². The van der Waals surface area contributed by atoms with Gasteiger partial charge in [0.15, 0.2) is 0 Å². The van der Waals surface area contributed by atoms with Crippen LogP contribution in [-0.4, -0.2) is 55.6 Å². The summed E-state index contributed by atoms with van der Waals surface area (Å²) < 4.78 is 1.70. The lowest BCUT2D eigenvalue weighted by molar-refractivity contribution is -0.134. The van der Waals surface area contributed by atoms with E-state index < -0.39 is 0 Å². The number of aryl methyl sites for hydroxylation is 2. The molecule has 1 saturated heterocycles. The van der Waals surface area contributed by atoms with Crippen LogP contribution < -0.4 is 5.32 Å². The number of aromatic nitrogens is 4. The largest absolute Gasteiger partial charge is 0.342 e. The van der Waals surface area contributed by atoms with Crippen LogP contribution in [0.2, 0.25) is 0 Å². The number of benzene rings is 1. The number of nitrogens with zero attached hydrogens (tertiary/aromatic N) is 5. The number of para-hydroxylation sites is 1. The number of piperidine rings is 1. The molecule has 3 heterocycles. The number of fused-ring (bicyclic) bond motifs is 1. The molecule has 1 aliphatic rings. The average Bonchev–Trinajstić information content (AvgIpc) is 3.20. The van der Waals surface area contributed by atoms with E-state index in [1.807, 2.05) is 50.4 Å². The van der Waals surface area contributed by atoms with Crippen LogP contribution in [0.5, 0.6) is 0 Å². The van der Waals surface area contributed by atoms with E-state index in [9.17, 15) is 9.59 Å². The first kappa shape index (κ1) is 21.3. The molecule has 2 aromatic heterocycles. The van der Waals surface area contributed by atoms with Gasteiger partial charge in [-0.2, -0.15) is 4.98 Å². The summed E-state index contributed by atoms with van der Waals surface area (Å²) in [5, 5.41) is 8.07. The van der Waals surface area contributed by atoms with Gasteiger partial charge in [0.2, 0.25) is 17.0 Å². The van der Waals surface area contributed by atoms with Gasteiger partial charge in [0.25, 0.3) is 5.78 Å². The van der Waals surface area contributed by atoms with Gasteiger partial charge in [0, 0.05) is 35.7 Å². The van der Waals surface area contributed by atoms with E-state index in [-0.39, 0.29) is 24.2 Å². The van der Waals surface area contributed by atoms with Gasteiger partial charge in [0.05, 0.1) is 12.3 Å². The minimum atomic E-state index is -0.208. The smallest absolute Gasteiger partial charge is 0.253 e. The highest BCUT2D eigenvalue weighted by Crippen LogP contribution is 2.22. The van der Waals surface area contributed by atoms with Crippen molar-refractivity contribution in [1.82, 2.24) is 24.5 Å². The molecule has 0 bridgehead atoms. The van der Waals surface area contributed by atoms with Crippen molar-refractivity contribution in [1.29, 1.82) is 0 Å². The quantitative estimate of drug-likeness (QED) is 0.616. The first-order chi connectivity index (χ1) is 15.0. The van der Waals surface area contributed by atoms with Crippen molar-refractivity contribution in [3.63, 3.8) is 0 Å². The average molecular weight is 439 g/mol. The zero-order valence-corrected chi connectivity index (χ0v) is 18.8. The fourth-order valence-electron chi connectivity index (χ4n) is 3.98. The van der Waals surface area contributed by atoms with Crippen LogP contribution in [-0.2, 0) is 16.0 Å². The molecule has 0 spiro atoms. The Balaban J connectivity index is 1.46. The Kier molecular flexibility index (Phi) is 6.22.